The molecule has 1 aliphatic rings. The molecule has 1 unspecified atom stereocenters. The molecule has 1 saturated heterocycles. The molecular weight excluding hydrogens is 270 g/mol. The third-order valence-corrected chi connectivity index (χ3v) is 4.86. The number of anilines is 1. The maximum absolute atomic E-state index is 3.64. The van der Waals surface area contributed by atoms with E-state index in [1.54, 1.807) is 0 Å². The number of hydrogen-bond acceptors (Lipinski definition) is 2. The summed E-state index contributed by atoms with van der Waals surface area (Å²) < 4.78 is 1.19. The molecule has 1 fully saturated rings. The van der Waals surface area contributed by atoms with Crippen molar-refractivity contribution >= 4 is 33.4 Å². The summed E-state index contributed by atoms with van der Waals surface area (Å²) in [6, 6.07) is 7.00. The first kappa shape index (κ1) is 11.3. The third kappa shape index (κ3) is 2.91. The van der Waals surface area contributed by atoms with E-state index < -0.39 is 0 Å². The van der Waals surface area contributed by atoms with Crippen LogP contribution in [0.5, 0.6) is 0 Å². The highest BCUT2D eigenvalue weighted by atomic mass is 79.9. The molecule has 0 aromatic heterocycles. The normalized spacial score (nSPS) is 21.3. The van der Waals surface area contributed by atoms with Crippen LogP contribution in [0.2, 0.25) is 0 Å². The quantitative estimate of drug-likeness (QED) is 0.879. The van der Waals surface area contributed by atoms with Crippen LogP contribution >= 0.6 is 27.7 Å². The van der Waals surface area contributed by atoms with Crippen LogP contribution in [0.15, 0.2) is 22.7 Å². The van der Waals surface area contributed by atoms with E-state index in [-0.39, 0.29) is 0 Å². The van der Waals surface area contributed by atoms with Gasteiger partial charge in [-0.1, -0.05) is 22.0 Å². The number of thioether (sulfide) groups is 1. The summed E-state index contributed by atoms with van der Waals surface area (Å²) in [7, 11) is 0. The van der Waals surface area contributed by atoms with Crippen molar-refractivity contribution in [2.45, 2.75) is 25.8 Å². The largest absolute Gasteiger partial charge is 0.381 e. The maximum atomic E-state index is 3.64. The molecule has 1 aromatic carbocycles. The Labute approximate surface area is 104 Å². The molecule has 0 aliphatic carbocycles. The second-order valence-electron chi connectivity index (χ2n) is 3.97. The van der Waals surface area contributed by atoms with Gasteiger partial charge in [0.1, 0.15) is 0 Å². The van der Waals surface area contributed by atoms with E-state index in [9.17, 15) is 0 Å². The van der Waals surface area contributed by atoms with E-state index in [0.717, 1.165) is 0 Å². The Bertz CT molecular complexity index is 334. The fourth-order valence-corrected chi connectivity index (χ4v) is 3.28. The zero-order valence-corrected chi connectivity index (χ0v) is 11.3. The number of hydrogen-bond donors (Lipinski definition) is 1. The van der Waals surface area contributed by atoms with Crippen LogP contribution < -0.4 is 5.32 Å². The Balaban J connectivity index is 2.06. The molecule has 82 valence electrons. The van der Waals surface area contributed by atoms with Crippen molar-refractivity contribution < 1.29 is 0 Å². The highest BCUT2D eigenvalue weighted by molar-refractivity contribution is 9.10. The summed E-state index contributed by atoms with van der Waals surface area (Å²) in [5.41, 5.74) is 2.59. The van der Waals surface area contributed by atoms with Crippen LogP contribution in [0.25, 0.3) is 0 Å². The van der Waals surface area contributed by atoms with Crippen LogP contribution in [-0.4, -0.2) is 17.5 Å². The summed E-state index contributed by atoms with van der Waals surface area (Å²) in [5, 5.41) is 3.64. The standard InChI is InChI=1S/C12H16BrNS/c1-9-11(13)5-2-6-12(9)14-10-4-3-7-15-8-10/h2,5-6,10,14H,3-4,7-8H2,1H3. The van der Waals surface area contributed by atoms with E-state index in [4.69, 9.17) is 0 Å². The zero-order valence-electron chi connectivity index (χ0n) is 8.92. The summed E-state index contributed by atoms with van der Waals surface area (Å²) >= 11 is 5.62. The van der Waals surface area contributed by atoms with E-state index in [0.29, 0.717) is 6.04 Å². The van der Waals surface area contributed by atoms with Gasteiger partial charge in [-0.05, 0) is 43.2 Å². The van der Waals surface area contributed by atoms with Gasteiger partial charge >= 0.3 is 0 Å². The molecule has 3 heteroatoms. The third-order valence-electron chi connectivity index (χ3n) is 2.79. The molecule has 1 atom stereocenters. The smallest absolute Gasteiger partial charge is 0.0383 e. The first-order valence-electron chi connectivity index (χ1n) is 5.37. The molecule has 0 bridgehead atoms. The highest BCUT2D eigenvalue weighted by Gasteiger charge is 2.14. The van der Waals surface area contributed by atoms with E-state index in [1.807, 2.05) is 0 Å². The van der Waals surface area contributed by atoms with Gasteiger partial charge in [0.2, 0.25) is 0 Å². The number of nitrogens with one attached hydrogen (secondary N) is 1. The monoisotopic (exact) mass is 285 g/mol. The van der Waals surface area contributed by atoms with Crippen LogP contribution in [-0.2, 0) is 0 Å². The van der Waals surface area contributed by atoms with Gasteiger partial charge in [-0.2, -0.15) is 11.8 Å². The van der Waals surface area contributed by atoms with Crippen LogP contribution in [0.3, 0.4) is 0 Å². The fraction of sp³-hybridized carbons (Fsp3) is 0.500. The first-order chi connectivity index (χ1) is 7.27. The summed E-state index contributed by atoms with van der Waals surface area (Å²) in [6.45, 7) is 2.16. The second kappa shape index (κ2) is 5.26. The lowest BCUT2D eigenvalue weighted by Crippen LogP contribution is -2.26. The van der Waals surface area contributed by atoms with Crippen molar-refractivity contribution in [2.75, 3.05) is 16.8 Å². The summed E-state index contributed by atoms with van der Waals surface area (Å²) in [6.07, 6.45) is 2.65. The lowest BCUT2D eigenvalue weighted by molar-refractivity contribution is 0.684. The van der Waals surface area contributed by atoms with Gasteiger partial charge in [-0.25, -0.2) is 0 Å². The van der Waals surface area contributed by atoms with Crippen molar-refractivity contribution in [3.8, 4) is 0 Å². The minimum Gasteiger partial charge on any atom is -0.381 e. The second-order valence-corrected chi connectivity index (χ2v) is 5.97. The average Bonchev–Trinajstić information content (AvgIpc) is 2.26. The Kier molecular flexibility index (Phi) is 3.98. The highest BCUT2D eigenvalue weighted by Crippen LogP contribution is 2.26. The maximum Gasteiger partial charge on any atom is 0.0383 e. The van der Waals surface area contributed by atoms with Crippen molar-refractivity contribution in [1.29, 1.82) is 0 Å². The molecule has 0 amide bonds. The molecule has 0 spiro atoms. The van der Waals surface area contributed by atoms with E-state index in [1.165, 1.54) is 40.1 Å². The molecule has 1 heterocycles. The van der Waals surface area contributed by atoms with Gasteiger partial charge in [-0.15, -0.1) is 0 Å². The van der Waals surface area contributed by atoms with Gasteiger partial charge < -0.3 is 5.32 Å². The topological polar surface area (TPSA) is 12.0 Å². The summed E-state index contributed by atoms with van der Waals surface area (Å²) in [5.74, 6) is 2.57. The van der Waals surface area contributed by atoms with Gasteiger partial charge in [-0.3, -0.25) is 0 Å². The Hall–Kier alpha value is -0.150. The van der Waals surface area contributed by atoms with Crippen LogP contribution in [0, 0.1) is 6.92 Å². The predicted molar refractivity (Wildman–Crippen MR) is 72.8 cm³/mol. The minimum absolute atomic E-state index is 0.650. The lowest BCUT2D eigenvalue weighted by atomic mass is 10.1. The number of rotatable bonds is 2. The predicted octanol–water partition coefficient (Wildman–Crippen LogP) is 4.07. The average molecular weight is 286 g/mol. The number of benzene rings is 1. The Morgan fingerprint density at radius 1 is 1.47 bits per heavy atom. The molecule has 2 rings (SSSR count). The van der Waals surface area contributed by atoms with Gasteiger partial charge in [0.25, 0.3) is 0 Å². The molecule has 0 radical (unpaired) electrons. The molecule has 1 N–H and O–H groups in total. The van der Waals surface area contributed by atoms with E-state index >= 15 is 0 Å². The lowest BCUT2D eigenvalue weighted by Gasteiger charge is -2.24. The van der Waals surface area contributed by atoms with Gasteiger partial charge in [0.05, 0.1) is 0 Å². The molecule has 1 aromatic rings. The van der Waals surface area contributed by atoms with Crippen molar-refractivity contribution in [2.24, 2.45) is 0 Å². The molecule has 1 nitrogen and oxygen atoms in total. The minimum atomic E-state index is 0.650. The van der Waals surface area contributed by atoms with E-state index in [2.05, 4.69) is 58.1 Å². The number of halogens is 1. The van der Waals surface area contributed by atoms with Crippen molar-refractivity contribution in [3.05, 3.63) is 28.2 Å². The van der Waals surface area contributed by atoms with Gasteiger partial charge in [0, 0.05) is 22.0 Å². The molecule has 0 saturated carbocycles. The Morgan fingerprint density at radius 3 is 3.07 bits per heavy atom. The van der Waals surface area contributed by atoms with Crippen LogP contribution in [0.4, 0.5) is 5.69 Å². The fourth-order valence-electron chi connectivity index (χ4n) is 1.84. The summed E-state index contributed by atoms with van der Waals surface area (Å²) in [4.78, 5) is 0. The van der Waals surface area contributed by atoms with Crippen molar-refractivity contribution in [3.63, 3.8) is 0 Å². The zero-order chi connectivity index (χ0) is 10.7. The molecule has 15 heavy (non-hydrogen) atoms. The molecular formula is C12H16BrNS. The van der Waals surface area contributed by atoms with Crippen LogP contribution in [0.1, 0.15) is 18.4 Å². The first-order valence-corrected chi connectivity index (χ1v) is 7.31. The Morgan fingerprint density at radius 2 is 2.33 bits per heavy atom. The van der Waals surface area contributed by atoms with Crippen molar-refractivity contribution in [1.82, 2.24) is 0 Å². The van der Waals surface area contributed by atoms with Gasteiger partial charge in [0.15, 0.2) is 0 Å². The SMILES string of the molecule is Cc1c(Br)cccc1NC1CCCSC1. The molecule has 1 aliphatic heterocycles.